The smallest absolute Gasteiger partial charge is 0.356 e. The lowest BCUT2D eigenvalue weighted by Gasteiger charge is -2.19. The molecule has 14 heteroatoms. The maximum Gasteiger partial charge on any atom is 0.417 e. The number of alkyl halides is 6. The van der Waals surface area contributed by atoms with Gasteiger partial charge >= 0.3 is 12.4 Å². The number of aliphatic imine (C=N–C) groups is 1. The van der Waals surface area contributed by atoms with Crippen LogP contribution in [-0.4, -0.2) is 37.6 Å². The fourth-order valence-corrected chi connectivity index (χ4v) is 4.07. The minimum absolute atomic E-state index is 0.0985. The number of halogens is 10. The normalized spacial score (nSPS) is 15.6. The molecule has 0 spiro atoms. The first-order chi connectivity index (χ1) is 17.2. The van der Waals surface area contributed by atoms with Crippen LogP contribution < -0.4 is 10.6 Å². The van der Waals surface area contributed by atoms with E-state index in [0.717, 1.165) is 24.6 Å². The standard InChI is InChI=1S/C23H17Cl3F7N3O/c24-16-7-12(8-17(25)20(16)26)14(22(28,29)30)9-18(27)11-2-3-13(15(6-11)23(31,32)33)19(37)10-36-21-34-4-1-5-35-21/h2-3,6-9,14H,1,4-5,10H2,(H2,34,35,36)/b18-9-. The molecule has 0 radical (unpaired) electrons. The summed E-state index contributed by atoms with van der Waals surface area (Å²) in [5.41, 5.74) is -3.66. The quantitative estimate of drug-likeness (QED) is 0.209. The highest BCUT2D eigenvalue weighted by atomic mass is 35.5. The van der Waals surface area contributed by atoms with E-state index in [1.807, 2.05) is 0 Å². The molecule has 1 atom stereocenters. The van der Waals surface area contributed by atoms with Gasteiger partial charge in [0.15, 0.2) is 11.7 Å². The van der Waals surface area contributed by atoms with Crippen molar-refractivity contribution >= 4 is 52.4 Å². The molecule has 1 aliphatic rings. The van der Waals surface area contributed by atoms with Gasteiger partial charge in [-0.2, -0.15) is 26.3 Å². The van der Waals surface area contributed by atoms with Crippen LogP contribution in [0.1, 0.15) is 39.4 Å². The summed E-state index contributed by atoms with van der Waals surface area (Å²) >= 11 is 17.3. The monoisotopic (exact) mass is 589 g/mol. The molecular formula is C23H17Cl3F7N3O. The zero-order valence-electron chi connectivity index (χ0n) is 18.5. The van der Waals surface area contributed by atoms with Crippen molar-refractivity contribution in [1.82, 2.24) is 10.6 Å². The molecular weight excluding hydrogens is 574 g/mol. The van der Waals surface area contributed by atoms with Gasteiger partial charge in [0, 0.05) is 24.2 Å². The molecule has 4 nitrogen and oxygen atoms in total. The molecule has 0 fully saturated rings. The van der Waals surface area contributed by atoms with Crippen molar-refractivity contribution in [3.8, 4) is 0 Å². The van der Waals surface area contributed by atoms with E-state index in [9.17, 15) is 35.5 Å². The van der Waals surface area contributed by atoms with Gasteiger partial charge in [-0.1, -0.05) is 46.9 Å². The number of nitrogens with one attached hydrogen (secondary N) is 2. The fourth-order valence-electron chi connectivity index (χ4n) is 3.46. The zero-order valence-corrected chi connectivity index (χ0v) is 20.8. The Kier molecular flexibility index (Phi) is 9.02. The van der Waals surface area contributed by atoms with Crippen molar-refractivity contribution in [2.75, 3.05) is 19.6 Å². The molecule has 2 N–H and O–H groups in total. The van der Waals surface area contributed by atoms with Crippen LogP contribution in [0, 0.1) is 0 Å². The number of Topliss-reactive ketones (excluding diaryl/α,β-unsaturated/α-hetero) is 1. The molecule has 0 saturated heterocycles. The van der Waals surface area contributed by atoms with Crippen LogP contribution in [0.15, 0.2) is 41.4 Å². The molecule has 0 saturated carbocycles. The number of rotatable bonds is 6. The number of hydrogen-bond acceptors (Lipinski definition) is 4. The second kappa shape index (κ2) is 11.5. The summed E-state index contributed by atoms with van der Waals surface area (Å²) in [6.45, 7) is 0.507. The predicted octanol–water partition coefficient (Wildman–Crippen LogP) is 7.44. The Morgan fingerprint density at radius 2 is 1.73 bits per heavy atom. The van der Waals surface area contributed by atoms with Gasteiger partial charge in [-0.3, -0.25) is 9.79 Å². The third-order valence-corrected chi connectivity index (χ3v) is 6.44. The van der Waals surface area contributed by atoms with Gasteiger partial charge in [0.05, 0.1) is 27.2 Å². The van der Waals surface area contributed by atoms with Crippen LogP contribution in [0.2, 0.25) is 15.1 Å². The van der Waals surface area contributed by atoms with Crippen molar-refractivity contribution < 1.29 is 35.5 Å². The highest BCUT2D eigenvalue weighted by Crippen LogP contribution is 2.42. The Balaban J connectivity index is 1.97. The summed E-state index contributed by atoms with van der Waals surface area (Å²) in [7, 11) is 0. The Morgan fingerprint density at radius 3 is 2.27 bits per heavy atom. The lowest BCUT2D eigenvalue weighted by atomic mass is 9.95. The van der Waals surface area contributed by atoms with E-state index in [2.05, 4.69) is 15.6 Å². The summed E-state index contributed by atoms with van der Waals surface area (Å²) in [6.07, 6.45) is -9.29. The highest BCUT2D eigenvalue weighted by Gasteiger charge is 2.41. The number of hydrogen-bond donors (Lipinski definition) is 2. The second-order valence-electron chi connectivity index (χ2n) is 7.88. The molecule has 1 unspecified atom stereocenters. The Morgan fingerprint density at radius 1 is 1.08 bits per heavy atom. The van der Waals surface area contributed by atoms with Gasteiger partial charge in [-0.05, 0) is 36.3 Å². The molecule has 37 heavy (non-hydrogen) atoms. The molecule has 0 aliphatic carbocycles. The van der Waals surface area contributed by atoms with E-state index in [-0.39, 0.29) is 33.2 Å². The molecule has 3 rings (SSSR count). The Labute approximate surface area is 221 Å². The number of allylic oxidation sites excluding steroid dienone is 1. The van der Waals surface area contributed by atoms with Crippen molar-refractivity contribution in [1.29, 1.82) is 0 Å². The van der Waals surface area contributed by atoms with Crippen molar-refractivity contribution in [2.45, 2.75) is 24.7 Å². The molecule has 0 bridgehead atoms. The number of ketones is 1. The molecule has 200 valence electrons. The average Bonchev–Trinajstić information content (AvgIpc) is 2.83. The minimum atomic E-state index is -5.09. The fraction of sp³-hybridized carbons (Fsp3) is 0.304. The van der Waals surface area contributed by atoms with Crippen molar-refractivity contribution in [3.63, 3.8) is 0 Å². The van der Waals surface area contributed by atoms with E-state index in [0.29, 0.717) is 19.2 Å². The topological polar surface area (TPSA) is 53.5 Å². The zero-order chi connectivity index (χ0) is 27.5. The maximum atomic E-state index is 15.0. The number of nitrogens with zero attached hydrogens (tertiary/aromatic N) is 1. The lowest BCUT2D eigenvalue weighted by Crippen LogP contribution is -2.43. The number of guanidine groups is 1. The van der Waals surface area contributed by atoms with Crippen LogP contribution in [0.3, 0.4) is 0 Å². The predicted molar refractivity (Wildman–Crippen MR) is 128 cm³/mol. The SMILES string of the molecule is O=C(CNC1=NCCCN1)c1ccc(/C(F)=C/C(c2cc(Cl)c(Cl)c(Cl)c2)C(F)(F)F)cc1C(F)(F)F. The Bertz CT molecular complexity index is 1220. The molecule has 0 aromatic heterocycles. The van der Waals surface area contributed by atoms with Crippen LogP contribution in [0.5, 0.6) is 0 Å². The van der Waals surface area contributed by atoms with Crippen LogP contribution >= 0.6 is 34.8 Å². The Hall–Kier alpha value is -2.50. The van der Waals surface area contributed by atoms with E-state index < -0.39 is 58.7 Å². The summed E-state index contributed by atoms with van der Waals surface area (Å²) in [5, 5.41) is 4.57. The van der Waals surface area contributed by atoms with E-state index in [1.54, 1.807) is 0 Å². The first-order valence-electron chi connectivity index (χ1n) is 10.5. The van der Waals surface area contributed by atoms with Gasteiger partial charge in [-0.15, -0.1) is 0 Å². The van der Waals surface area contributed by atoms with Crippen LogP contribution in [0.25, 0.3) is 5.83 Å². The third-order valence-electron chi connectivity index (χ3n) is 5.25. The molecule has 0 amide bonds. The molecule has 1 heterocycles. The molecule has 1 aliphatic heterocycles. The largest absolute Gasteiger partial charge is 0.417 e. The van der Waals surface area contributed by atoms with Crippen molar-refractivity contribution in [2.24, 2.45) is 4.99 Å². The van der Waals surface area contributed by atoms with Gasteiger partial charge in [0.1, 0.15) is 11.7 Å². The average molecular weight is 591 g/mol. The minimum Gasteiger partial charge on any atom is -0.356 e. The van der Waals surface area contributed by atoms with Gasteiger partial charge in [-0.25, -0.2) is 4.39 Å². The van der Waals surface area contributed by atoms with Crippen LogP contribution in [-0.2, 0) is 6.18 Å². The summed E-state index contributed by atoms with van der Waals surface area (Å²) in [6, 6.07) is 3.45. The van der Waals surface area contributed by atoms with Gasteiger partial charge < -0.3 is 10.6 Å². The third kappa shape index (κ3) is 7.30. The molecule has 2 aromatic carbocycles. The summed E-state index contributed by atoms with van der Waals surface area (Å²) < 4.78 is 97.3. The van der Waals surface area contributed by atoms with E-state index >= 15 is 0 Å². The second-order valence-corrected chi connectivity index (χ2v) is 9.07. The van der Waals surface area contributed by atoms with Crippen LogP contribution in [0.4, 0.5) is 30.7 Å². The summed E-state index contributed by atoms with van der Waals surface area (Å²) in [4.78, 5) is 16.5. The molecule has 2 aromatic rings. The van der Waals surface area contributed by atoms with Crippen molar-refractivity contribution in [3.05, 3.63) is 73.7 Å². The summed E-state index contributed by atoms with van der Waals surface area (Å²) in [5.74, 6) is -4.94. The lowest BCUT2D eigenvalue weighted by molar-refractivity contribution is -0.140. The van der Waals surface area contributed by atoms with E-state index in [1.165, 1.54) is 0 Å². The van der Waals surface area contributed by atoms with E-state index in [4.69, 9.17) is 34.8 Å². The number of carbonyl (C=O) groups is 1. The van der Waals surface area contributed by atoms with Gasteiger partial charge in [0.25, 0.3) is 0 Å². The maximum absolute atomic E-state index is 15.0. The number of carbonyl (C=O) groups excluding carboxylic acids is 1. The first-order valence-corrected chi connectivity index (χ1v) is 11.7. The highest BCUT2D eigenvalue weighted by molar-refractivity contribution is 6.48. The van der Waals surface area contributed by atoms with Gasteiger partial charge in [0.2, 0.25) is 0 Å². The first kappa shape index (κ1) is 29.1. The number of benzene rings is 2.